The highest BCUT2D eigenvalue weighted by Gasteiger charge is 2.38. The molecule has 3 amide bonds. The summed E-state index contributed by atoms with van der Waals surface area (Å²) in [5, 5.41) is 6.44. The number of hydrazone groups is 1. The van der Waals surface area contributed by atoms with Crippen LogP contribution in [0.25, 0.3) is 0 Å². The number of benzene rings is 2. The quantitative estimate of drug-likeness (QED) is 0.298. The topological polar surface area (TPSA) is 117 Å². The summed E-state index contributed by atoms with van der Waals surface area (Å²) in [5.41, 5.74) is 4.19. The first-order valence-corrected chi connectivity index (χ1v) is 11.9. The van der Waals surface area contributed by atoms with Crippen molar-refractivity contribution in [3.8, 4) is 0 Å². The van der Waals surface area contributed by atoms with Crippen LogP contribution in [-0.2, 0) is 25.5 Å². The first-order valence-electron chi connectivity index (χ1n) is 11.0. The van der Waals surface area contributed by atoms with E-state index in [1.165, 1.54) is 4.90 Å². The number of amidine groups is 1. The Hall–Kier alpha value is -3.92. The Bertz CT molecular complexity index is 1120. The molecule has 182 valence electrons. The molecule has 0 aromatic heterocycles. The second kappa shape index (κ2) is 12.5. The molecule has 9 nitrogen and oxygen atoms in total. The summed E-state index contributed by atoms with van der Waals surface area (Å²) in [7, 11) is 0. The van der Waals surface area contributed by atoms with Gasteiger partial charge in [0.05, 0.1) is 18.6 Å². The smallest absolute Gasteiger partial charge is 0.338 e. The molecule has 10 heteroatoms. The van der Waals surface area contributed by atoms with Crippen molar-refractivity contribution >= 4 is 46.3 Å². The van der Waals surface area contributed by atoms with Gasteiger partial charge in [0.15, 0.2) is 5.17 Å². The predicted molar refractivity (Wildman–Crippen MR) is 135 cm³/mol. The minimum absolute atomic E-state index is 0.0895. The zero-order valence-corrected chi connectivity index (χ0v) is 20.0. The third-order valence-corrected chi connectivity index (χ3v) is 6.04. The van der Waals surface area contributed by atoms with Crippen molar-refractivity contribution in [3.05, 3.63) is 78.4 Å². The third kappa shape index (κ3) is 7.28. The second-order valence-electron chi connectivity index (χ2n) is 7.49. The molecule has 1 heterocycles. The average molecular weight is 495 g/mol. The molecule has 0 saturated carbocycles. The highest BCUT2D eigenvalue weighted by molar-refractivity contribution is 8.15. The number of carbonyl (C=O) groups excluding carboxylic acids is 4. The lowest BCUT2D eigenvalue weighted by Gasteiger charge is -2.13. The first kappa shape index (κ1) is 25.7. The number of anilines is 1. The molecule has 1 saturated heterocycles. The van der Waals surface area contributed by atoms with E-state index in [4.69, 9.17) is 4.74 Å². The highest BCUT2D eigenvalue weighted by atomic mass is 32.2. The van der Waals surface area contributed by atoms with Crippen LogP contribution in [0.4, 0.5) is 5.69 Å². The van der Waals surface area contributed by atoms with E-state index in [9.17, 15) is 19.2 Å². The number of hydrogen-bond donors (Lipinski definition) is 2. The van der Waals surface area contributed by atoms with E-state index in [0.29, 0.717) is 16.4 Å². The van der Waals surface area contributed by atoms with Gasteiger partial charge in [-0.1, -0.05) is 48.2 Å². The van der Waals surface area contributed by atoms with Gasteiger partial charge in [0, 0.05) is 18.7 Å². The van der Waals surface area contributed by atoms with Gasteiger partial charge in [-0.3, -0.25) is 19.3 Å². The van der Waals surface area contributed by atoms with Crippen molar-refractivity contribution in [3.63, 3.8) is 0 Å². The zero-order chi connectivity index (χ0) is 25.2. The molecule has 0 radical (unpaired) electrons. The Morgan fingerprint density at radius 3 is 2.49 bits per heavy atom. The van der Waals surface area contributed by atoms with Crippen LogP contribution in [0.15, 0.2) is 72.4 Å². The summed E-state index contributed by atoms with van der Waals surface area (Å²) in [6.45, 7) is 5.86. The van der Waals surface area contributed by atoms with Crippen LogP contribution < -0.4 is 10.7 Å². The summed E-state index contributed by atoms with van der Waals surface area (Å²) in [5.74, 6) is -1.42. The fourth-order valence-electron chi connectivity index (χ4n) is 3.24. The number of carbonyl (C=O) groups is 4. The SMILES string of the molecule is C=CCN1C(=O)C(CC(=O)Nc2ccc(C(=O)OCC)cc2)S/C1=N/NC(=O)Cc1ccccc1. The molecule has 1 unspecified atom stereocenters. The van der Waals surface area contributed by atoms with Crippen LogP contribution in [0, 0.1) is 0 Å². The van der Waals surface area contributed by atoms with Crippen molar-refractivity contribution in [1.82, 2.24) is 10.3 Å². The molecule has 2 N–H and O–H groups in total. The number of amides is 3. The molecule has 0 spiro atoms. The van der Waals surface area contributed by atoms with E-state index in [-0.39, 0.29) is 43.7 Å². The minimum atomic E-state index is -0.696. The maximum atomic E-state index is 12.8. The van der Waals surface area contributed by atoms with Gasteiger partial charge in [0.1, 0.15) is 5.25 Å². The van der Waals surface area contributed by atoms with Gasteiger partial charge < -0.3 is 10.1 Å². The van der Waals surface area contributed by atoms with E-state index in [1.807, 2.05) is 30.3 Å². The maximum Gasteiger partial charge on any atom is 0.338 e. The molecule has 1 aliphatic heterocycles. The lowest BCUT2D eigenvalue weighted by molar-refractivity contribution is -0.128. The van der Waals surface area contributed by atoms with Crippen LogP contribution in [0.2, 0.25) is 0 Å². The fraction of sp³-hybridized carbons (Fsp3) is 0.240. The molecule has 0 bridgehead atoms. The summed E-state index contributed by atoms with van der Waals surface area (Å²) in [4.78, 5) is 50.8. The van der Waals surface area contributed by atoms with Gasteiger partial charge in [-0.25, -0.2) is 10.2 Å². The Labute approximate surface area is 207 Å². The van der Waals surface area contributed by atoms with Crippen LogP contribution >= 0.6 is 11.8 Å². The summed E-state index contributed by atoms with van der Waals surface area (Å²) in [6, 6.07) is 15.5. The van der Waals surface area contributed by atoms with Crippen molar-refractivity contribution in [1.29, 1.82) is 0 Å². The molecule has 2 aromatic carbocycles. The minimum Gasteiger partial charge on any atom is -0.462 e. The van der Waals surface area contributed by atoms with Gasteiger partial charge in [-0.2, -0.15) is 0 Å². The maximum absolute atomic E-state index is 12.8. The van der Waals surface area contributed by atoms with Crippen molar-refractivity contribution in [2.45, 2.75) is 25.0 Å². The highest BCUT2D eigenvalue weighted by Crippen LogP contribution is 2.29. The van der Waals surface area contributed by atoms with E-state index >= 15 is 0 Å². The average Bonchev–Trinajstić information content (AvgIpc) is 3.13. The fourth-order valence-corrected chi connectivity index (χ4v) is 4.34. The van der Waals surface area contributed by atoms with Crippen molar-refractivity contribution in [2.24, 2.45) is 5.10 Å². The zero-order valence-electron chi connectivity index (χ0n) is 19.2. The van der Waals surface area contributed by atoms with Crippen LogP contribution in [0.5, 0.6) is 0 Å². The van der Waals surface area contributed by atoms with Gasteiger partial charge in [-0.15, -0.1) is 11.7 Å². The lowest BCUT2D eigenvalue weighted by atomic mass is 10.1. The third-order valence-electron chi connectivity index (χ3n) is 4.87. The molecule has 1 fully saturated rings. The molecule has 3 rings (SSSR count). The van der Waals surface area contributed by atoms with Crippen molar-refractivity contribution in [2.75, 3.05) is 18.5 Å². The number of esters is 1. The monoisotopic (exact) mass is 494 g/mol. The van der Waals surface area contributed by atoms with Gasteiger partial charge in [0.2, 0.25) is 17.7 Å². The van der Waals surface area contributed by atoms with E-state index in [1.54, 1.807) is 37.3 Å². The second-order valence-corrected chi connectivity index (χ2v) is 8.66. The summed E-state index contributed by atoms with van der Waals surface area (Å²) in [6.07, 6.45) is 1.61. The number of nitrogens with zero attached hydrogens (tertiary/aromatic N) is 2. The van der Waals surface area contributed by atoms with Gasteiger partial charge in [0.25, 0.3) is 0 Å². The van der Waals surface area contributed by atoms with E-state index < -0.39 is 11.2 Å². The predicted octanol–water partition coefficient (Wildman–Crippen LogP) is 2.95. The number of thioether (sulfide) groups is 1. The van der Waals surface area contributed by atoms with Crippen molar-refractivity contribution < 1.29 is 23.9 Å². The molecule has 2 aromatic rings. The van der Waals surface area contributed by atoms with Gasteiger partial charge in [-0.05, 0) is 36.8 Å². The summed E-state index contributed by atoms with van der Waals surface area (Å²) < 4.78 is 4.94. The number of rotatable bonds is 10. The standard InChI is InChI=1S/C25H26N4O5S/c1-3-14-29-23(32)20(35-25(29)28-27-22(31)15-17-8-6-5-7-9-17)16-21(30)26-19-12-10-18(11-13-19)24(33)34-4-2/h3,5-13,20H,1,4,14-16H2,2H3,(H,26,30)(H,27,31)/b28-25+. The van der Waals surface area contributed by atoms with Gasteiger partial charge >= 0.3 is 5.97 Å². The molecular weight excluding hydrogens is 468 g/mol. The van der Waals surface area contributed by atoms with Crippen LogP contribution in [-0.4, -0.2) is 52.2 Å². The lowest BCUT2D eigenvalue weighted by Crippen LogP contribution is -2.34. The number of hydrogen-bond acceptors (Lipinski definition) is 7. The van der Waals surface area contributed by atoms with Crippen LogP contribution in [0.1, 0.15) is 29.3 Å². The Morgan fingerprint density at radius 2 is 1.83 bits per heavy atom. The van der Waals surface area contributed by atoms with E-state index in [2.05, 4.69) is 22.4 Å². The van der Waals surface area contributed by atoms with E-state index in [0.717, 1.165) is 17.3 Å². The molecule has 35 heavy (non-hydrogen) atoms. The number of ether oxygens (including phenoxy) is 1. The summed E-state index contributed by atoms with van der Waals surface area (Å²) >= 11 is 1.11. The Balaban J connectivity index is 1.59. The first-order chi connectivity index (χ1) is 16.9. The number of nitrogens with one attached hydrogen (secondary N) is 2. The van der Waals surface area contributed by atoms with Crippen LogP contribution in [0.3, 0.4) is 0 Å². The Kier molecular flexibility index (Phi) is 9.19. The molecule has 0 aliphatic carbocycles. The largest absolute Gasteiger partial charge is 0.462 e. The molecular formula is C25H26N4O5S. The Morgan fingerprint density at radius 1 is 1.11 bits per heavy atom. The molecule has 1 aliphatic rings. The molecule has 1 atom stereocenters. The normalized spacial score (nSPS) is 16.1.